The summed E-state index contributed by atoms with van der Waals surface area (Å²) in [7, 11) is 0. The molecule has 1 aliphatic rings. The fourth-order valence-electron chi connectivity index (χ4n) is 2.46. The Bertz CT molecular complexity index is 464. The van der Waals surface area contributed by atoms with E-state index in [-0.39, 0.29) is 24.2 Å². The predicted octanol–water partition coefficient (Wildman–Crippen LogP) is 1.67. The molecule has 1 saturated heterocycles. The van der Waals surface area contributed by atoms with Crippen LogP contribution in [0.2, 0.25) is 0 Å². The van der Waals surface area contributed by atoms with E-state index in [0.29, 0.717) is 26.4 Å². The molecule has 22 heavy (non-hydrogen) atoms. The van der Waals surface area contributed by atoms with E-state index in [4.69, 9.17) is 15.2 Å². The lowest BCUT2D eigenvalue weighted by Gasteiger charge is -2.26. The van der Waals surface area contributed by atoms with Crippen LogP contribution < -0.4 is 15.8 Å². The van der Waals surface area contributed by atoms with Gasteiger partial charge in [-0.2, -0.15) is 0 Å². The quantitative estimate of drug-likeness (QED) is 0.779. The first-order valence-corrected chi connectivity index (χ1v) is 7.47. The molecule has 1 atom stereocenters. The van der Waals surface area contributed by atoms with Crippen molar-refractivity contribution >= 4 is 18.3 Å². The van der Waals surface area contributed by atoms with Crippen LogP contribution in [0, 0.1) is 12.8 Å². The summed E-state index contributed by atoms with van der Waals surface area (Å²) in [5, 5.41) is 2.83. The van der Waals surface area contributed by atoms with Gasteiger partial charge in [0.2, 0.25) is 5.91 Å². The Labute approximate surface area is 138 Å². The van der Waals surface area contributed by atoms with E-state index in [1.54, 1.807) is 0 Å². The number of ether oxygens (including phenoxy) is 2. The molecular weight excluding hydrogens is 304 g/mol. The average molecular weight is 329 g/mol. The standard InChI is InChI=1S/C16H24N2O3.ClH/c1-12-3-2-4-14(11-12)21-10-7-18-16(19)15(17)13-5-8-20-9-6-13;/h2-4,11,13,15H,5-10,17H2,1H3,(H,18,19);1H. The number of hydrogen-bond donors (Lipinski definition) is 2. The van der Waals surface area contributed by atoms with Gasteiger partial charge in [0.25, 0.3) is 0 Å². The molecule has 3 N–H and O–H groups in total. The maximum Gasteiger partial charge on any atom is 0.237 e. The summed E-state index contributed by atoms with van der Waals surface area (Å²) >= 11 is 0. The average Bonchev–Trinajstić information content (AvgIpc) is 2.51. The zero-order valence-corrected chi connectivity index (χ0v) is 13.7. The summed E-state index contributed by atoms with van der Waals surface area (Å²) in [6.07, 6.45) is 1.71. The number of rotatable bonds is 6. The molecule has 0 aromatic heterocycles. The van der Waals surface area contributed by atoms with Gasteiger partial charge in [-0.25, -0.2) is 0 Å². The molecule has 5 nitrogen and oxygen atoms in total. The van der Waals surface area contributed by atoms with E-state index < -0.39 is 6.04 Å². The van der Waals surface area contributed by atoms with Gasteiger partial charge in [-0.1, -0.05) is 12.1 Å². The fourth-order valence-corrected chi connectivity index (χ4v) is 2.46. The second kappa shape index (κ2) is 9.66. The summed E-state index contributed by atoms with van der Waals surface area (Å²) in [5.74, 6) is 0.934. The number of aryl methyl sites for hydroxylation is 1. The van der Waals surface area contributed by atoms with Gasteiger partial charge < -0.3 is 20.5 Å². The molecule has 0 radical (unpaired) electrons. The zero-order chi connectivity index (χ0) is 15.1. The second-order valence-corrected chi connectivity index (χ2v) is 5.43. The SMILES string of the molecule is Cc1cccc(OCCNC(=O)C(N)C2CCOCC2)c1.Cl. The van der Waals surface area contributed by atoms with Gasteiger partial charge in [0.05, 0.1) is 12.6 Å². The summed E-state index contributed by atoms with van der Waals surface area (Å²) in [5.41, 5.74) is 7.15. The molecule has 6 heteroatoms. The summed E-state index contributed by atoms with van der Waals surface area (Å²) < 4.78 is 10.9. The van der Waals surface area contributed by atoms with Crippen molar-refractivity contribution in [3.63, 3.8) is 0 Å². The lowest BCUT2D eigenvalue weighted by atomic mass is 9.92. The van der Waals surface area contributed by atoms with Gasteiger partial charge in [0.1, 0.15) is 12.4 Å². The van der Waals surface area contributed by atoms with Crippen molar-refractivity contribution in [1.29, 1.82) is 0 Å². The molecule has 1 aromatic carbocycles. The number of hydrogen-bond acceptors (Lipinski definition) is 4. The topological polar surface area (TPSA) is 73.6 Å². The van der Waals surface area contributed by atoms with Crippen molar-refractivity contribution in [3.8, 4) is 5.75 Å². The fraction of sp³-hybridized carbons (Fsp3) is 0.562. The van der Waals surface area contributed by atoms with Gasteiger partial charge >= 0.3 is 0 Å². The molecule has 2 rings (SSSR count). The van der Waals surface area contributed by atoms with Crippen molar-refractivity contribution in [2.45, 2.75) is 25.8 Å². The minimum atomic E-state index is -0.451. The number of nitrogens with two attached hydrogens (primary N) is 1. The smallest absolute Gasteiger partial charge is 0.237 e. The van der Waals surface area contributed by atoms with Gasteiger partial charge in [-0.15, -0.1) is 12.4 Å². The van der Waals surface area contributed by atoms with Gasteiger partial charge in [-0.3, -0.25) is 4.79 Å². The number of benzene rings is 1. The molecule has 1 amide bonds. The maximum absolute atomic E-state index is 12.0. The van der Waals surface area contributed by atoms with Gasteiger partial charge in [-0.05, 0) is 43.4 Å². The largest absolute Gasteiger partial charge is 0.492 e. The highest BCUT2D eigenvalue weighted by Crippen LogP contribution is 2.17. The van der Waals surface area contributed by atoms with Crippen molar-refractivity contribution in [2.75, 3.05) is 26.4 Å². The Morgan fingerprint density at radius 1 is 1.45 bits per heavy atom. The molecule has 0 aliphatic carbocycles. The second-order valence-electron chi connectivity index (χ2n) is 5.43. The number of amides is 1. The maximum atomic E-state index is 12.0. The molecule has 124 valence electrons. The number of carbonyl (C=O) groups is 1. The predicted molar refractivity (Wildman–Crippen MR) is 88.5 cm³/mol. The van der Waals surface area contributed by atoms with Crippen molar-refractivity contribution in [3.05, 3.63) is 29.8 Å². The van der Waals surface area contributed by atoms with Crippen LogP contribution in [-0.4, -0.2) is 38.3 Å². The van der Waals surface area contributed by atoms with Crippen molar-refractivity contribution < 1.29 is 14.3 Å². The Balaban J connectivity index is 0.00000242. The third-order valence-corrected chi connectivity index (χ3v) is 3.74. The summed E-state index contributed by atoms with van der Waals surface area (Å²) in [6, 6.07) is 7.39. The normalized spacial score (nSPS) is 16.5. The highest BCUT2D eigenvalue weighted by atomic mass is 35.5. The number of nitrogens with one attached hydrogen (secondary N) is 1. The first-order chi connectivity index (χ1) is 10.2. The molecular formula is C16H25ClN2O3. The summed E-state index contributed by atoms with van der Waals surface area (Å²) in [6.45, 7) is 4.31. The Morgan fingerprint density at radius 2 is 2.18 bits per heavy atom. The molecule has 0 spiro atoms. The van der Waals surface area contributed by atoms with E-state index in [1.807, 2.05) is 31.2 Å². The first-order valence-electron chi connectivity index (χ1n) is 7.47. The molecule has 0 saturated carbocycles. The van der Waals surface area contributed by atoms with Crippen LogP contribution in [0.5, 0.6) is 5.75 Å². The van der Waals surface area contributed by atoms with Crippen molar-refractivity contribution in [1.82, 2.24) is 5.32 Å². The highest BCUT2D eigenvalue weighted by molar-refractivity contribution is 5.85. The van der Waals surface area contributed by atoms with Gasteiger partial charge in [0, 0.05) is 13.2 Å². The van der Waals surface area contributed by atoms with E-state index in [0.717, 1.165) is 24.2 Å². The van der Waals surface area contributed by atoms with E-state index in [9.17, 15) is 4.79 Å². The first kappa shape index (κ1) is 18.7. The van der Waals surface area contributed by atoms with Crippen LogP contribution in [0.15, 0.2) is 24.3 Å². The third-order valence-electron chi connectivity index (χ3n) is 3.74. The number of carbonyl (C=O) groups excluding carboxylic acids is 1. The molecule has 0 bridgehead atoms. The van der Waals surface area contributed by atoms with Crippen molar-refractivity contribution in [2.24, 2.45) is 11.7 Å². The van der Waals surface area contributed by atoms with E-state index in [1.165, 1.54) is 0 Å². The van der Waals surface area contributed by atoms with E-state index in [2.05, 4.69) is 5.32 Å². The molecule has 1 aliphatic heterocycles. The van der Waals surface area contributed by atoms with Crippen LogP contribution in [0.3, 0.4) is 0 Å². The van der Waals surface area contributed by atoms with E-state index >= 15 is 0 Å². The molecule has 1 aromatic rings. The Kier molecular flexibility index (Phi) is 8.24. The van der Waals surface area contributed by atoms with Gasteiger partial charge in [0.15, 0.2) is 0 Å². The van der Waals surface area contributed by atoms with Crippen LogP contribution >= 0.6 is 12.4 Å². The minimum absolute atomic E-state index is 0. The lowest BCUT2D eigenvalue weighted by Crippen LogP contribution is -2.47. The molecule has 1 heterocycles. The van der Waals surface area contributed by atoms with Crippen LogP contribution in [0.1, 0.15) is 18.4 Å². The Morgan fingerprint density at radius 3 is 2.86 bits per heavy atom. The monoisotopic (exact) mass is 328 g/mol. The molecule has 1 unspecified atom stereocenters. The van der Waals surface area contributed by atoms with Crippen LogP contribution in [-0.2, 0) is 9.53 Å². The minimum Gasteiger partial charge on any atom is -0.492 e. The lowest BCUT2D eigenvalue weighted by molar-refractivity contribution is -0.124. The highest BCUT2D eigenvalue weighted by Gasteiger charge is 2.26. The third kappa shape index (κ3) is 5.83. The summed E-state index contributed by atoms with van der Waals surface area (Å²) in [4.78, 5) is 12.0. The Hall–Kier alpha value is -1.30. The van der Waals surface area contributed by atoms with Crippen LogP contribution in [0.4, 0.5) is 0 Å². The zero-order valence-electron chi connectivity index (χ0n) is 12.9. The van der Waals surface area contributed by atoms with Crippen LogP contribution in [0.25, 0.3) is 0 Å². The molecule has 1 fully saturated rings. The number of halogens is 1.